The number of aliphatic hydroxyl groups excluding tert-OH is 1. The molecule has 1 fully saturated rings. The number of amides is 1. The monoisotopic (exact) mass is 377 g/mol. The van der Waals surface area contributed by atoms with Crippen molar-refractivity contribution in [2.45, 2.75) is 23.2 Å². The van der Waals surface area contributed by atoms with Crippen molar-refractivity contribution in [1.29, 1.82) is 0 Å². The van der Waals surface area contributed by atoms with Crippen LogP contribution in [0.1, 0.15) is 12.0 Å². The summed E-state index contributed by atoms with van der Waals surface area (Å²) in [4.78, 5) is 14.4. The summed E-state index contributed by atoms with van der Waals surface area (Å²) in [7, 11) is -1.35. The summed E-state index contributed by atoms with van der Waals surface area (Å²) in [6.07, 6.45) is 0.611. The van der Waals surface area contributed by atoms with E-state index in [1.54, 1.807) is 35.2 Å². The molecule has 0 aliphatic carbocycles. The quantitative estimate of drug-likeness (QED) is 0.837. The Balaban J connectivity index is 1.52. The molecule has 0 saturated carbocycles. The van der Waals surface area contributed by atoms with Gasteiger partial charge < -0.3 is 14.7 Å². The minimum Gasteiger partial charge on any atom is -0.484 e. The number of carbonyl (C=O) groups excluding carboxylic acids is 1. The first-order valence-electron chi connectivity index (χ1n) is 8.33. The number of nitrogens with zero attached hydrogens (tertiary/aromatic N) is 1. The lowest BCUT2D eigenvalue weighted by molar-refractivity contribution is -0.132. The van der Waals surface area contributed by atoms with E-state index in [-0.39, 0.29) is 24.4 Å². The molecule has 0 aromatic heterocycles. The van der Waals surface area contributed by atoms with Crippen LogP contribution < -0.4 is 4.74 Å². The zero-order valence-corrected chi connectivity index (χ0v) is 15.0. The summed E-state index contributed by atoms with van der Waals surface area (Å²) >= 11 is 0. The third kappa shape index (κ3) is 4.47. The van der Waals surface area contributed by atoms with Crippen LogP contribution in [0.25, 0.3) is 0 Å². The first kappa shape index (κ1) is 18.5. The molecule has 0 radical (unpaired) electrons. The van der Waals surface area contributed by atoms with Gasteiger partial charge >= 0.3 is 0 Å². The van der Waals surface area contributed by atoms with Crippen molar-refractivity contribution in [3.8, 4) is 5.75 Å². The number of rotatable bonds is 6. The van der Waals surface area contributed by atoms with Gasteiger partial charge in [0.1, 0.15) is 11.6 Å². The van der Waals surface area contributed by atoms with E-state index in [0.717, 1.165) is 5.56 Å². The van der Waals surface area contributed by atoms with Crippen LogP contribution >= 0.6 is 0 Å². The van der Waals surface area contributed by atoms with Gasteiger partial charge in [0, 0.05) is 18.0 Å². The molecule has 2 aromatic carbocycles. The summed E-state index contributed by atoms with van der Waals surface area (Å²) in [6, 6.07) is 12.6. The van der Waals surface area contributed by atoms with Gasteiger partial charge in [0.2, 0.25) is 0 Å². The van der Waals surface area contributed by atoms with Gasteiger partial charge in [-0.3, -0.25) is 9.00 Å². The lowest BCUT2D eigenvalue weighted by Gasteiger charge is -2.17. The third-order valence-corrected chi connectivity index (χ3v) is 6.01. The van der Waals surface area contributed by atoms with Crippen molar-refractivity contribution >= 4 is 16.7 Å². The molecule has 1 amide bonds. The van der Waals surface area contributed by atoms with Crippen LogP contribution in [-0.4, -0.2) is 45.1 Å². The third-order valence-electron chi connectivity index (χ3n) is 4.30. The summed E-state index contributed by atoms with van der Waals surface area (Å²) in [5, 5.41) is 8.81. The van der Waals surface area contributed by atoms with Crippen LogP contribution in [0.4, 0.5) is 4.39 Å². The molecule has 3 rings (SSSR count). The van der Waals surface area contributed by atoms with Crippen LogP contribution in [0, 0.1) is 5.82 Å². The first-order valence-corrected chi connectivity index (χ1v) is 9.54. The summed E-state index contributed by atoms with van der Waals surface area (Å²) in [5.41, 5.74) is 0.769. The van der Waals surface area contributed by atoms with E-state index in [1.807, 2.05) is 0 Å². The second-order valence-corrected chi connectivity index (χ2v) is 7.83. The Morgan fingerprint density at radius 2 is 2.04 bits per heavy atom. The Hall–Kier alpha value is -2.25. The van der Waals surface area contributed by atoms with Gasteiger partial charge in [-0.1, -0.05) is 18.2 Å². The predicted molar refractivity (Wildman–Crippen MR) is 95.7 cm³/mol. The van der Waals surface area contributed by atoms with Gasteiger partial charge in [-0.2, -0.15) is 0 Å². The zero-order chi connectivity index (χ0) is 18.5. The van der Waals surface area contributed by atoms with Gasteiger partial charge in [0.25, 0.3) is 5.91 Å². The van der Waals surface area contributed by atoms with Crippen LogP contribution in [0.15, 0.2) is 53.4 Å². The maximum absolute atomic E-state index is 13.3. The molecule has 1 saturated heterocycles. The van der Waals surface area contributed by atoms with Crippen LogP contribution in [0.2, 0.25) is 0 Å². The predicted octanol–water partition coefficient (Wildman–Crippen LogP) is 2.11. The van der Waals surface area contributed by atoms with Gasteiger partial charge in [-0.15, -0.1) is 0 Å². The van der Waals surface area contributed by atoms with E-state index >= 15 is 0 Å². The second-order valence-electron chi connectivity index (χ2n) is 6.10. The van der Waals surface area contributed by atoms with Gasteiger partial charge in [0.15, 0.2) is 6.61 Å². The molecule has 138 valence electrons. The number of halogens is 1. The van der Waals surface area contributed by atoms with E-state index in [2.05, 4.69) is 0 Å². The molecule has 7 heteroatoms. The molecule has 26 heavy (non-hydrogen) atoms. The highest BCUT2D eigenvalue weighted by Crippen LogP contribution is 2.21. The van der Waals surface area contributed by atoms with E-state index in [4.69, 9.17) is 9.84 Å². The standard InChI is InChI=1S/C19H20FNO4S/c20-15-2-1-3-17(10-15)26(24)18-8-9-21(11-18)19(23)13-25-16-6-4-14(12-22)5-7-16/h1-7,10,18,22H,8-9,11-13H2. The first-order chi connectivity index (χ1) is 12.6. The highest BCUT2D eigenvalue weighted by Gasteiger charge is 2.31. The van der Waals surface area contributed by atoms with Crippen molar-refractivity contribution in [2.75, 3.05) is 19.7 Å². The highest BCUT2D eigenvalue weighted by atomic mass is 32.2. The number of aliphatic hydroxyl groups is 1. The Kier molecular flexibility index (Phi) is 6.00. The molecule has 2 unspecified atom stereocenters. The molecule has 0 spiro atoms. The number of benzene rings is 2. The molecular weight excluding hydrogens is 357 g/mol. The van der Waals surface area contributed by atoms with Crippen molar-refractivity contribution in [3.05, 3.63) is 59.9 Å². The molecule has 1 N–H and O–H groups in total. The van der Waals surface area contributed by atoms with Crippen LogP contribution in [0.5, 0.6) is 5.75 Å². The summed E-state index contributed by atoms with van der Waals surface area (Å²) < 4.78 is 31.3. The smallest absolute Gasteiger partial charge is 0.260 e. The fourth-order valence-electron chi connectivity index (χ4n) is 2.84. The average Bonchev–Trinajstić information content (AvgIpc) is 3.16. The number of likely N-dealkylation sites (tertiary alicyclic amines) is 1. The van der Waals surface area contributed by atoms with Crippen molar-refractivity contribution in [3.63, 3.8) is 0 Å². The number of ether oxygens (including phenoxy) is 1. The summed E-state index contributed by atoms with van der Waals surface area (Å²) in [6.45, 7) is 0.737. The Morgan fingerprint density at radius 1 is 1.27 bits per heavy atom. The maximum atomic E-state index is 13.3. The van der Waals surface area contributed by atoms with Crippen LogP contribution in [-0.2, 0) is 22.2 Å². The molecule has 2 aromatic rings. The molecule has 2 atom stereocenters. The molecule has 0 bridgehead atoms. The average molecular weight is 377 g/mol. The van der Waals surface area contributed by atoms with Crippen molar-refractivity contribution in [1.82, 2.24) is 4.90 Å². The lowest BCUT2D eigenvalue weighted by Crippen LogP contribution is -2.34. The van der Waals surface area contributed by atoms with E-state index in [9.17, 15) is 13.4 Å². The molecule has 1 aliphatic heterocycles. The van der Waals surface area contributed by atoms with Gasteiger partial charge in [-0.05, 0) is 42.3 Å². The SMILES string of the molecule is O=C(COc1ccc(CO)cc1)N1CCC(S(=O)c2cccc(F)c2)C1. The zero-order valence-electron chi connectivity index (χ0n) is 14.1. The van der Waals surface area contributed by atoms with Crippen LogP contribution in [0.3, 0.4) is 0 Å². The molecule has 1 heterocycles. The second kappa shape index (κ2) is 8.42. The fourth-order valence-corrected chi connectivity index (χ4v) is 4.30. The number of hydrogen-bond donors (Lipinski definition) is 1. The Bertz CT molecular complexity index is 796. The van der Waals surface area contributed by atoms with Gasteiger partial charge in [0.05, 0.1) is 22.7 Å². The lowest BCUT2D eigenvalue weighted by atomic mass is 10.2. The molecule has 5 nitrogen and oxygen atoms in total. The Morgan fingerprint density at radius 3 is 2.73 bits per heavy atom. The maximum Gasteiger partial charge on any atom is 0.260 e. The topological polar surface area (TPSA) is 66.8 Å². The number of hydrogen-bond acceptors (Lipinski definition) is 4. The van der Waals surface area contributed by atoms with Crippen molar-refractivity contribution < 1.29 is 23.2 Å². The normalized spacial score (nSPS) is 17.9. The number of carbonyl (C=O) groups is 1. The van der Waals surface area contributed by atoms with E-state index in [1.165, 1.54) is 18.2 Å². The summed E-state index contributed by atoms with van der Waals surface area (Å²) in [5.74, 6) is -0.0352. The largest absolute Gasteiger partial charge is 0.484 e. The van der Waals surface area contributed by atoms with E-state index < -0.39 is 16.6 Å². The minimum absolute atomic E-state index is 0.0448. The molecule has 1 aliphatic rings. The van der Waals surface area contributed by atoms with Gasteiger partial charge in [-0.25, -0.2) is 4.39 Å². The minimum atomic E-state index is -1.35. The van der Waals surface area contributed by atoms with E-state index in [0.29, 0.717) is 30.2 Å². The molecular formula is C19H20FNO4S. The fraction of sp³-hybridized carbons (Fsp3) is 0.316. The van der Waals surface area contributed by atoms with Crippen molar-refractivity contribution in [2.24, 2.45) is 0 Å². The highest BCUT2D eigenvalue weighted by molar-refractivity contribution is 7.85. The Labute approximate surface area is 153 Å².